The summed E-state index contributed by atoms with van der Waals surface area (Å²) in [7, 11) is 0. The third-order valence-corrected chi connectivity index (χ3v) is 2.42. The second kappa shape index (κ2) is 6.20. The number of aromatic nitrogens is 1. The first kappa shape index (κ1) is 14.2. The zero-order valence-electron chi connectivity index (χ0n) is 10.7. The van der Waals surface area contributed by atoms with Crippen LogP contribution in [0.1, 0.15) is 30.6 Å². The predicted molar refractivity (Wildman–Crippen MR) is 71.1 cm³/mol. The van der Waals surface area contributed by atoms with Crippen molar-refractivity contribution in [2.45, 2.75) is 26.4 Å². The Morgan fingerprint density at radius 2 is 2.22 bits per heavy atom. The maximum atomic E-state index is 11.2. The maximum absolute atomic E-state index is 11.2. The van der Waals surface area contributed by atoms with E-state index in [-0.39, 0.29) is 5.56 Å². The Labute approximate surface area is 106 Å². The lowest BCUT2D eigenvalue weighted by atomic mass is 10.1. The van der Waals surface area contributed by atoms with Crippen molar-refractivity contribution >= 4 is 17.4 Å². The lowest BCUT2D eigenvalue weighted by Gasteiger charge is -2.15. The van der Waals surface area contributed by atoms with Crippen LogP contribution >= 0.6 is 0 Å². The summed E-state index contributed by atoms with van der Waals surface area (Å²) >= 11 is 0. The number of carbonyl (C=O) groups is 1. The number of nitrogens with zero attached hydrogens (tertiary/aromatic N) is 1. The topological polar surface area (TPSA) is 114 Å². The average molecular weight is 252 g/mol. The summed E-state index contributed by atoms with van der Waals surface area (Å²) in [6.45, 7) is 4.37. The van der Waals surface area contributed by atoms with Crippen molar-refractivity contribution in [2.24, 2.45) is 11.7 Å². The van der Waals surface area contributed by atoms with E-state index in [2.05, 4.69) is 10.3 Å². The number of hydrogen-bond acceptors (Lipinski definition) is 5. The number of nitrogens with two attached hydrogens (primary N) is 2. The van der Waals surface area contributed by atoms with E-state index in [1.165, 1.54) is 12.3 Å². The van der Waals surface area contributed by atoms with Crippen LogP contribution in [0.5, 0.6) is 0 Å². The molecule has 1 aromatic rings. The molecule has 6 nitrogen and oxygen atoms in total. The molecule has 0 fully saturated rings. The molecule has 1 heterocycles. The number of primary amides is 1. The SMILES string of the molecule is CC(C)CC(O)CNc1ncc(N)cc1C(N)=O. The molecule has 0 bridgehead atoms. The standard InChI is InChI=1S/C12H20N4O2/c1-7(2)3-9(17)6-16-12-10(11(14)18)4-8(13)5-15-12/h4-5,7,9,17H,3,6,13H2,1-2H3,(H2,14,18)(H,15,16). The molecule has 18 heavy (non-hydrogen) atoms. The van der Waals surface area contributed by atoms with E-state index in [4.69, 9.17) is 11.5 Å². The molecule has 1 amide bonds. The second-order valence-corrected chi connectivity index (χ2v) is 4.69. The van der Waals surface area contributed by atoms with E-state index < -0.39 is 12.0 Å². The molecule has 1 rings (SSSR count). The molecule has 0 saturated carbocycles. The van der Waals surface area contributed by atoms with Gasteiger partial charge in [0.1, 0.15) is 5.82 Å². The summed E-state index contributed by atoms with van der Waals surface area (Å²) in [5.74, 6) is 0.145. The normalized spacial score (nSPS) is 12.4. The molecular formula is C12H20N4O2. The highest BCUT2D eigenvalue weighted by atomic mass is 16.3. The maximum Gasteiger partial charge on any atom is 0.252 e. The number of carbonyl (C=O) groups excluding carboxylic acids is 1. The first-order valence-corrected chi connectivity index (χ1v) is 5.87. The van der Waals surface area contributed by atoms with Crippen LogP contribution in [0.3, 0.4) is 0 Å². The summed E-state index contributed by atoms with van der Waals surface area (Å²) in [6, 6.07) is 1.46. The average Bonchev–Trinajstić information content (AvgIpc) is 2.26. The van der Waals surface area contributed by atoms with Gasteiger partial charge in [0.05, 0.1) is 23.6 Å². The fourth-order valence-electron chi connectivity index (χ4n) is 1.65. The summed E-state index contributed by atoms with van der Waals surface area (Å²) in [6.07, 6.45) is 1.61. The first-order chi connectivity index (χ1) is 8.40. The molecule has 0 radical (unpaired) electrons. The van der Waals surface area contributed by atoms with Crippen molar-refractivity contribution in [3.05, 3.63) is 17.8 Å². The summed E-state index contributed by atoms with van der Waals surface area (Å²) < 4.78 is 0. The third kappa shape index (κ3) is 4.21. The van der Waals surface area contributed by atoms with E-state index in [1.54, 1.807) is 0 Å². The number of nitrogen functional groups attached to an aromatic ring is 1. The molecule has 1 aromatic heterocycles. The number of pyridine rings is 1. The first-order valence-electron chi connectivity index (χ1n) is 5.87. The number of nitrogens with one attached hydrogen (secondary N) is 1. The summed E-state index contributed by atoms with van der Waals surface area (Å²) in [5.41, 5.74) is 11.4. The van der Waals surface area contributed by atoms with Gasteiger partial charge < -0.3 is 21.9 Å². The van der Waals surface area contributed by atoms with Crippen molar-refractivity contribution in [1.29, 1.82) is 0 Å². The molecule has 6 heteroatoms. The quantitative estimate of drug-likeness (QED) is 0.591. The number of hydrogen-bond donors (Lipinski definition) is 4. The monoisotopic (exact) mass is 252 g/mol. The van der Waals surface area contributed by atoms with Gasteiger partial charge in [-0.2, -0.15) is 0 Å². The van der Waals surface area contributed by atoms with Crippen molar-refractivity contribution in [3.63, 3.8) is 0 Å². The van der Waals surface area contributed by atoms with E-state index in [0.717, 1.165) is 0 Å². The van der Waals surface area contributed by atoms with Gasteiger partial charge in [0, 0.05) is 6.54 Å². The number of rotatable bonds is 6. The molecule has 100 valence electrons. The van der Waals surface area contributed by atoms with Gasteiger partial charge in [-0.1, -0.05) is 13.8 Å². The van der Waals surface area contributed by atoms with Crippen LogP contribution in [0, 0.1) is 5.92 Å². The Morgan fingerprint density at radius 3 is 2.78 bits per heavy atom. The number of aliphatic hydroxyl groups excluding tert-OH is 1. The highest BCUT2D eigenvalue weighted by Gasteiger charge is 2.12. The van der Waals surface area contributed by atoms with E-state index in [0.29, 0.717) is 30.4 Å². The van der Waals surface area contributed by atoms with E-state index >= 15 is 0 Å². The minimum Gasteiger partial charge on any atom is -0.397 e. The Bertz CT molecular complexity index is 421. The van der Waals surface area contributed by atoms with Crippen LogP contribution in [0.4, 0.5) is 11.5 Å². The molecule has 0 aromatic carbocycles. The van der Waals surface area contributed by atoms with Crippen LogP contribution < -0.4 is 16.8 Å². The number of amides is 1. The Morgan fingerprint density at radius 1 is 1.56 bits per heavy atom. The lowest BCUT2D eigenvalue weighted by Crippen LogP contribution is -2.24. The van der Waals surface area contributed by atoms with Gasteiger partial charge in [0.25, 0.3) is 5.91 Å². The van der Waals surface area contributed by atoms with Crippen LogP contribution in [0.2, 0.25) is 0 Å². The van der Waals surface area contributed by atoms with Crippen LogP contribution in [0.15, 0.2) is 12.3 Å². The molecule has 6 N–H and O–H groups in total. The zero-order valence-corrected chi connectivity index (χ0v) is 10.7. The molecule has 0 aliphatic heterocycles. The van der Waals surface area contributed by atoms with Crippen molar-refractivity contribution in [3.8, 4) is 0 Å². The summed E-state index contributed by atoms with van der Waals surface area (Å²) in [4.78, 5) is 15.2. The molecule has 0 aliphatic carbocycles. The molecular weight excluding hydrogens is 232 g/mol. The fraction of sp³-hybridized carbons (Fsp3) is 0.500. The van der Waals surface area contributed by atoms with Gasteiger partial charge in [-0.3, -0.25) is 4.79 Å². The Kier molecular flexibility index (Phi) is 4.91. The highest BCUT2D eigenvalue weighted by molar-refractivity contribution is 5.98. The molecule has 1 unspecified atom stereocenters. The van der Waals surface area contributed by atoms with Crippen molar-refractivity contribution in [1.82, 2.24) is 4.98 Å². The third-order valence-electron chi connectivity index (χ3n) is 2.42. The van der Waals surface area contributed by atoms with E-state index in [1.807, 2.05) is 13.8 Å². The van der Waals surface area contributed by atoms with Gasteiger partial charge in [-0.05, 0) is 18.4 Å². The van der Waals surface area contributed by atoms with E-state index in [9.17, 15) is 9.90 Å². The van der Waals surface area contributed by atoms with Gasteiger partial charge in [0.2, 0.25) is 0 Å². The highest BCUT2D eigenvalue weighted by Crippen LogP contribution is 2.15. The minimum absolute atomic E-state index is 0.228. The molecule has 0 saturated heterocycles. The van der Waals surface area contributed by atoms with Gasteiger partial charge in [0.15, 0.2) is 0 Å². The number of anilines is 2. The smallest absolute Gasteiger partial charge is 0.252 e. The molecule has 1 atom stereocenters. The van der Waals surface area contributed by atoms with Crippen LogP contribution in [-0.2, 0) is 0 Å². The van der Waals surface area contributed by atoms with Crippen molar-refractivity contribution in [2.75, 3.05) is 17.6 Å². The zero-order chi connectivity index (χ0) is 13.7. The molecule has 0 spiro atoms. The van der Waals surface area contributed by atoms with Gasteiger partial charge >= 0.3 is 0 Å². The van der Waals surface area contributed by atoms with Crippen LogP contribution in [-0.4, -0.2) is 28.6 Å². The van der Waals surface area contributed by atoms with Gasteiger partial charge in [-0.25, -0.2) is 4.98 Å². The Hall–Kier alpha value is -1.82. The number of aliphatic hydroxyl groups is 1. The summed E-state index contributed by atoms with van der Waals surface area (Å²) in [5, 5.41) is 12.6. The Balaban J connectivity index is 2.70. The largest absolute Gasteiger partial charge is 0.397 e. The predicted octanol–water partition coefficient (Wildman–Crippen LogP) is 0.582. The van der Waals surface area contributed by atoms with Gasteiger partial charge in [-0.15, -0.1) is 0 Å². The lowest BCUT2D eigenvalue weighted by molar-refractivity contribution is 0.100. The van der Waals surface area contributed by atoms with Crippen molar-refractivity contribution < 1.29 is 9.90 Å². The minimum atomic E-state index is -0.601. The second-order valence-electron chi connectivity index (χ2n) is 4.69. The molecule has 0 aliphatic rings. The van der Waals surface area contributed by atoms with Crippen LogP contribution in [0.25, 0.3) is 0 Å². The fourth-order valence-corrected chi connectivity index (χ4v) is 1.65.